The van der Waals surface area contributed by atoms with Gasteiger partial charge in [-0.15, -0.1) is 5.10 Å². The Balaban J connectivity index is 1.59. The fraction of sp³-hybridized carbons (Fsp3) is 0.286. The Kier molecular flexibility index (Phi) is 4.00. The van der Waals surface area contributed by atoms with E-state index in [0.29, 0.717) is 12.5 Å². The van der Waals surface area contributed by atoms with Crippen LogP contribution in [0.4, 0.5) is 0 Å². The molecule has 1 fully saturated rings. The average molecular weight is 371 g/mol. The maximum Gasteiger partial charge on any atom is 0.185 e. The Morgan fingerprint density at radius 1 is 1.07 bits per heavy atom. The monoisotopic (exact) mass is 371 g/mol. The lowest BCUT2D eigenvalue weighted by Gasteiger charge is -2.08. The fourth-order valence-electron chi connectivity index (χ4n) is 3.34. The Hall–Kier alpha value is -3.35. The highest BCUT2D eigenvalue weighted by molar-refractivity contribution is 5.57. The Morgan fingerprint density at radius 2 is 1.89 bits per heavy atom. The molecule has 3 heterocycles. The lowest BCUT2D eigenvalue weighted by atomic mass is 10.2. The number of aryl methyl sites for hydroxylation is 1. The van der Waals surface area contributed by atoms with Gasteiger partial charge < -0.3 is 0 Å². The van der Waals surface area contributed by atoms with E-state index in [1.165, 1.54) is 5.56 Å². The molecule has 0 bridgehead atoms. The molecule has 7 heteroatoms. The van der Waals surface area contributed by atoms with Crippen molar-refractivity contribution in [2.75, 3.05) is 0 Å². The number of aromatic nitrogens is 7. The molecular weight excluding hydrogens is 350 g/mol. The lowest BCUT2D eigenvalue weighted by Crippen LogP contribution is -2.05. The molecule has 0 saturated heterocycles. The van der Waals surface area contributed by atoms with Crippen LogP contribution in [0, 0.1) is 13.8 Å². The summed E-state index contributed by atoms with van der Waals surface area (Å²) in [5.41, 5.74) is 4.96. The number of benzene rings is 1. The van der Waals surface area contributed by atoms with E-state index in [0.717, 1.165) is 47.1 Å². The predicted octanol–water partition coefficient (Wildman–Crippen LogP) is 3.46. The van der Waals surface area contributed by atoms with Crippen molar-refractivity contribution in [1.29, 1.82) is 0 Å². The Labute approximate surface area is 163 Å². The second-order valence-electron chi connectivity index (χ2n) is 7.31. The number of pyridine rings is 1. The van der Waals surface area contributed by atoms with Crippen molar-refractivity contribution in [2.45, 2.75) is 39.2 Å². The number of nitrogens with zero attached hydrogens (tertiary/aromatic N) is 7. The summed E-state index contributed by atoms with van der Waals surface area (Å²) in [5.74, 6) is 2.10. The topological polar surface area (TPSA) is 74.3 Å². The highest BCUT2D eigenvalue weighted by Gasteiger charge is 2.31. The average Bonchev–Trinajstić information content (AvgIpc) is 3.39. The van der Waals surface area contributed by atoms with Crippen LogP contribution in [0.2, 0.25) is 0 Å². The first-order valence-electron chi connectivity index (χ1n) is 9.53. The van der Waals surface area contributed by atoms with Crippen molar-refractivity contribution in [3.63, 3.8) is 0 Å². The summed E-state index contributed by atoms with van der Waals surface area (Å²) >= 11 is 0. The molecule has 1 aromatic carbocycles. The van der Waals surface area contributed by atoms with Gasteiger partial charge in [-0.1, -0.05) is 35.5 Å². The van der Waals surface area contributed by atoms with E-state index in [4.69, 9.17) is 10.1 Å². The van der Waals surface area contributed by atoms with Crippen LogP contribution in [0.3, 0.4) is 0 Å². The van der Waals surface area contributed by atoms with Gasteiger partial charge in [0, 0.05) is 18.3 Å². The minimum absolute atomic E-state index is 0.460. The summed E-state index contributed by atoms with van der Waals surface area (Å²) in [5, 5.41) is 13.7. The van der Waals surface area contributed by atoms with Crippen molar-refractivity contribution >= 4 is 0 Å². The van der Waals surface area contributed by atoms with Gasteiger partial charge in [-0.25, -0.2) is 14.3 Å². The third-order valence-corrected chi connectivity index (χ3v) is 5.15. The van der Waals surface area contributed by atoms with Crippen molar-refractivity contribution < 1.29 is 0 Å². The van der Waals surface area contributed by atoms with E-state index in [1.54, 1.807) is 6.20 Å². The molecule has 0 amide bonds. The summed E-state index contributed by atoms with van der Waals surface area (Å²) < 4.78 is 3.81. The van der Waals surface area contributed by atoms with Crippen LogP contribution in [-0.4, -0.2) is 34.7 Å². The van der Waals surface area contributed by atoms with Gasteiger partial charge in [0.2, 0.25) is 0 Å². The molecule has 140 valence electrons. The number of hydrogen-bond acceptors (Lipinski definition) is 5. The molecule has 0 N–H and O–H groups in total. The van der Waals surface area contributed by atoms with Crippen molar-refractivity contribution in [3.8, 4) is 17.2 Å². The van der Waals surface area contributed by atoms with E-state index in [1.807, 2.05) is 53.7 Å². The summed E-state index contributed by atoms with van der Waals surface area (Å²) in [6.45, 7) is 4.74. The molecule has 1 saturated carbocycles. The van der Waals surface area contributed by atoms with Gasteiger partial charge in [0.15, 0.2) is 17.3 Å². The number of rotatable bonds is 5. The molecule has 5 rings (SSSR count). The molecule has 3 aromatic heterocycles. The first-order chi connectivity index (χ1) is 13.7. The molecule has 28 heavy (non-hydrogen) atoms. The molecule has 0 unspecified atom stereocenters. The molecule has 0 aliphatic heterocycles. The summed E-state index contributed by atoms with van der Waals surface area (Å²) in [7, 11) is 0. The van der Waals surface area contributed by atoms with Crippen LogP contribution in [-0.2, 0) is 6.54 Å². The molecule has 0 atom stereocenters. The van der Waals surface area contributed by atoms with Crippen molar-refractivity contribution in [1.82, 2.24) is 34.7 Å². The largest absolute Gasteiger partial charge is 0.264 e. The minimum Gasteiger partial charge on any atom is -0.264 e. The van der Waals surface area contributed by atoms with Gasteiger partial charge in [-0.05, 0) is 43.9 Å². The third-order valence-electron chi connectivity index (χ3n) is 5.15. The van der Waals surface area contributed by atoms with Crippen LogP contribution in [0.25, 0.3) is 17.2 Å². The SMILES string of the molecule is Cc1cnccc1-n1nc(C2CC2)nc1-c1nnn(Cc2ccccc2)c1C. The molecular formula is C21H21N7. The first kappa shape index (κ1) is 16.8. The van der Waals surface area contributed by atoms with Crippen molar-refractivity contribution in [3.05, 3.63) is 71.4 Å². The molecule has 0 spiro atoms. The maximum atomic E-state index is 4.86. The summed E-state index contributed by atoms with van der Waals surface area (Å²) in [6, 6.07) is 12.2. The van der Waals surface area contributed by atoms with E-state index in [9.17, 15) is 0 Å². The van der Waals surface area contributed by atoms with E-state index >= 15 is 0 Å². The molecule has 1 aliphatic carbocycles. The highest BCUT2D eigenvalue weighted by atomic mass is 15.4. The van der Waals surface area contributed by atoms with Gasteiger partial charge in [0.05, 0.1) is 17.9 Å². The zero-order chi connectivity index (χ0) is 19.1. The lowest BCUT2D eigenvalue weighted by molar-refractivity contribution is 0.633. The Bertz CT molecular complexity index is 1120. The molecule has 1 aliphatic rings. The quantitative estimate of drug-likeness (QED) is 0.537. The smallest absolute Gasteiger partial charge is 0.185 e. The minimum atomic E-state index is 0.460. The van der Waals surface area contributed by atoms with Crippen LogP contribution in [0.15, 0.2) is 48.8 Å². The van der Waals surface area contributed by atoms with E-state index in [2.05, 4.69) is 27.4 Å². The molecule has 7 nitrogen and oxygen atoms in total. The van der Waals surface area contributed by atoms with Gasteiger partial charge in [0.25, 0.3) is 0 Å². The van der Waals surface area contributed by atoms with Gasteiger partial charge in [-0.2, -0.15) is 5.10 Å². The summed E-state index contributed by atoms with van der Waals surface area (Å²) in [6.07, 6.45) is 5.93. The molecule has 4 aromatic rings. The zero-order valence-corrected chi connectivity index (χ0v) is 15.9. The van der Waals surface area contributed by atoms with E-state index < -0.39 is 0 Å². The zero-order valence-electron chi connectivity index (χ0n) is 15.9. The second kappa shape index (κ2) is 6.67. The van der Waals surface area contributed by atoms with Crippen molar-refractivity contribution in [2.24, 2.45) is 0 Å². The number of hydrogen-bond donors (Lipinski definition) is 0. The standard InChI is InChI=1S/C21H21N7/c1-14-12-22-11-10-18(14)28-21(23-20(25-28)17-8-9-17)19-15(2)27(26-24-19)13-16-6-4-3-5-7-16/h3-7,10-12,17H,8-9,13H2,1-2H3. The Morgan fingerprint density at radius 3 is 2.64 bits per heavy atom. The fourth-order valence-corrected chi connectivity index (χ4v) is 3.34. The van der Waals surface area contributed by atoms with Crippen LogP contribution >= 0.6 is 0 Å². The van der Waals surface area contributed by atoms with Crippen LogP contribution < -0.4 is 0 Å². The van der Waals surface area contributed by atoms with Gasteiger partial charge in [-0.3, -0.25) is 4.98 Å². The molecule has 0 radical (unpaired) electrons. The second-order valence-corrected chi connectivity index (χ2v) is 7.31. The van der Waals surface area contributed by atoms with Crippen LogP contribution in [0.1, 0.15) is 41.4 Å². The van der Waals surface area contributed by atoms with Gasteiger partial charge >= 0.3 is 0 Å². The van der Waals surface area contributed by atoms with Gasteiger partial charge in [0.1, 0.15) is 0 Å². The normalized spacial score (nSPS) is 13.8. The summed E-state index contributed by atoms with van der Waals surface area (Å²) in [4.78, 5) is 9.06. The predicted molar refractivity (Wildman–Crippen MR) is 105 cm³/mol. The first-order valence-corrected chi connectivity index (χ1v) is 9.53. The third kappa shape index (κ3) is 2.98. The van der Waals surface area contributed by atoms with Crippen LogP contribution in [0.5, 0.6) is 0 Å². The maximum absolute atomic E-state index is 4.86. The van der Waals surface area contributed by atoms with E-state index in [-0.39, 0.29) is 0 Å². The highest BCUT2D eigenvalue weighted by Crippen LogP contribution is 2.39.